The smallest absolute Gasteiger partial charge is 0.322 e. The fraction of sp³-hybridized carbons (Fsp3) is 0.368. The van der Waals surface area contributed by atoms with E-state index in [1.165, 1.54) is 0 Å². The van der Waals surface area contributed by atoms with Crippen molar-refractivity contribution in [2.24, 2.45) is 0 Å². The molecule has 0 spiro atoms. The van der Waals surface area contributed by atoms with Crippen LogP contribution in [0.25, 0.3) is 0 Å². The second-order valence-electron chi connectivity index (χ2n) is 6.17. The number of carbonyl (C=O) groups excluding carboxylic acids is 1. The number of ether oxygens (including phenoxy) is 1. The fourth-order valence-corrected chi connectivity index (χ4v) is 2.91. The Morgan fingerprint density at radius 1 is 1.23 bits per heavy atom. The van der Waals surface area contributed by atoms with Crippen molar-refractivity contribution < 1.29 is 9.53 Å². The van der Waals surface area contributed by atoms with E-state index in [0.29, 0.717) is 18.1 Å². The summed E-state index contributed by atoms with van der Waals surface area (Å²) in [5.74, 6) is 0. The first-order chi connectivity index (χ1) is 12.7. The first kappa shape index (κ1) is 18.6. The molecule has 0 atom stereocenters. The maximum atomic E-state index is 12.8. The zero-order valence-corrected chi connectivity index (χ0v) is 15.4. The summed E-state index contributed by atoms with van der Waals surface area (Å²) in [4.78, 5) is 21.1. The number of rotatable bonds is 6. The number of hydrogen-bond acceptors (Lipinski definition) is 4. The first-order valence-electron chi connectivity index (χ1n) is 8.71. The van der Waals surface area contributed by atoms with Crippen LogP contribution in [0.1, 0.15) is 5.56 Å². The summed E-state index contributed by atoms with van der Waals surface area (Å²) in [7, 11) is 0. The van der Waals surface area contributed by atoms with Crippen molar-refractivity contribution in [1.29, 1.82) is 0 Å². The summed E-state index contributed by atoms with van der Waals surface area (Å²) in [5, 5.41) is 3.58. The van der Waals surface area contributed by atoms with E-state index in [2.05, 4.69) is 15.2 Å². The fourth-order valence-electron chi connectivity index (χ4n) is 2.79. The molecular formula is C19H23ClN4O2. The van der Waals surface area contributed by atoms with E-state index in [9.17, 15) is 4.79 Å². The molecule has 2 heterocycles. The number of halogens is 1. The van der Waals surface area contributed by atoms with Gasteiger partial charge in [-0.15, -0.1) is 0 Å². The Morgan fingerprint density at radius 3 is 2.69 bits per heavy atom. The van der Waals surface area contributed by atoms with Gasteiger partial charge in [0.05, 0.1) is 13.2 Å². The predicted molar refractivity (Wildman–Crippen MR) is 102 cm³/mol. The third-order valence-corrected chi connectivity index (χ3v) is 4.52. The molecule has 0 saturated carbocycles. The van der Waals surface area contributed by atoms with Gasteiger partial charge in [0.1, 0.15) is 0 Å². The molecule has 26 heavy (non-hydrogen) atoms. The van der Waals surface area contributed by atoms with E-state index in [4.69, 9.17) is 16.3 Å². The van der Waals surface area contributed by atoms with Gasteiger partial charge in [0, 0.05) is 55.8 Å². The minimum absolute atomic E-state index is 0.135. The van der Waals surface area contributed by atoms with E-state index >= 15 is 0 Å². The van der Waals surface area contributed by atoms with Gasteiger partial charge < -0.3 is 15.0 Å². The van der Waals surface area contributed by atoms with Crippen molar-refractivity contribution in [1.82, 2.24) is 14.8 Å². The lowest BCUT2D eigenvalue weighted by molar-refractivity contribution is 0.0349. The standard InChI is InChI=1S/C19H23ClN4O2/c20-17-3-5-18(6-4-17)22-19(25)24(15-16-2-1-7-21-14-16)9-8-23-10-12-26-13-11-23/h1-7,14H,8-13,15H2,(H,22,25). The number of aromatic nitrogens is 1. The molecule has 2 aromatic rings. The van der Waals surface area contributed by atoms with Crippen molar-refractivity contribution >= 4 is 23.3 Å². The normalized spacial score (nSPS) is 14.8. The highest BCUT2D eigenvalue weighted by Gasteiger charge is 2.17. The highest BCUT2D eigenvalue weighted by molar-refractivity contribution is 6.30. The third kappa shape index (κ3) is 5.69. The molecule has 1 saturated heterocycles. The highest BCUT2D eigenvalue weighted by Crippen LogP contribution is 2.15. The molecule has 2 amide bonds. The number of anilines is 1. The van der Waals surface area contributed by atoms with Gasteiger partial charge in [0.2, 0.25) is 0 Å². The van der Waals surface area contributed by atoms with Crippen LogP contribution in [0.2, 0.25) is 5.02 Å². The van der Waals surface area contributed by atoms with Crippen molar-refractivity contribution in [2.45, 2.75) is 6.54 Å². The largest absolute Gasteiger partial charge is 0.379 e. The summed E-state index contributed by atoms with van der Waals surface area (Å²) in [5.41, 5.74) is 1.72. The van der Waals surface area contributed by atoms with Gasteiger partial charge in [-0.05, 0) is 35.9 Å². The molecule has 138 valence electrons. The molecule has 0 radical (unpaired) electrons. The number of carbonyl (C=O) groups is 1. The predicted octanol–water partition coefficient (Wildman–Crippen LogP) is 3.10. The number of urea groups is 1. The van der Waals surface area contributed by atoms with Crippen molar-refractivity contribution in [3.63, 3.8) is 0 Å². The van der Waals surface area contributed by atoms with Gasteiger partial charge in [0.25, 0.3) is 0 Å². The van der Waals surface area contributed by atoms with Gasteiger partial charge in [-0.3, -0.25) is 9.88 Å². The van der Waals surface area contributed by atoms with Gasteiger partial charge in [-0.25, -0.2) is 4.79 Å². The second kappa shape index (κ2) is 9.52. The van der Waals surface area contributed by atoms with Crippen molar-refractivity contribution in [3.05, 3.63) is 59.4 Å². The van der Waals surface area contributed by atoms with Crippen molar-refractivity contribution in [2.75, 3.05) is 44.7 Å². The van der Waals surface area contributed by atoms with Crippen LogP contribution in [-0.2, 0) is 11.3 Å². The number of nitrogens with zero attached hydrogens (tertiary/aromatic N) is 3. The summed E-state index contributed by atoms with van der Waals surface area (Å²) in [6, 6.07) is 10.8. The maximum absolute atomic E-state index is 12.8. The quantitative estimate of drug-likeness (QED) is 0.844. The lowest BCUT2D eigenvalue weighted by atomic mass is 10.2. The van der Waals surface area contributed by atoms with Crippen LogP contribution in [0.3, 0.4) is 0 Å². The Kier molecular flexibility index (Phi) is 6.82. The SMILES string of the molecule is O=C(Nc1ccc(Cl)cc1)N(CCN1CCOCC1)Cc1cccnc1. The molecule has 1 aliphatic heterocycles. The number of morpholine rings is 1. The molecule has 0 aliphatic carbocycles. The molecule has 3 rings (SSSR count). The van der Waals surface area contributed by atoms with Crippen LogP contribution in [0.5, 0.6) is 0 Å². The summed E-state index contributed by atoms with van der Waals surface area (Å²) in [6.07, 6.45) is 3.52. The minimum Gasteiger partial charge on any atom is -0.379 e. The lowest BCUT2D eigenvalue weighted by Gasteiger charge is -2.30. The molecule has 1 aromatic carbocycles. The molecule has 1 aromatic heterocycles. The number of hydrogen-bond donors (Lipinski definition) is 1. The summed E-state index contributed by atoms with van der Waals surface area (Å²) >= 11 is 5.91. The van der Waals surface area contributed by atoms with E-state index in [0.717, 1.165) is 44.1 Å². The number of benzene rings is 1. The minimum atomic E-state index is -0.135. The average Bonchev–Trinajstić information content (AvgIpc) is 2.68. The van der Waals surface area contributed by atoms with Crippen LogP contribution >= 0.6 is 11.6 Å². The van der Waals surface area contributed by atoms with Gasteiger partial charge in [-0.2, -0.15) is 0 Å². The van der Waals surface area contributed by atoms with Gasteiger partial charge >= 0.3 is 6.03 Å². The second-order valence-corrected chi connectivity index (χ2v) is 6.61. The lowest BCUT2D eigenvalue weighted by Crippen LogP contribution is -2.44. The molecule has 6 nitrogen and oxygen atoms in total. The molecular weight excluding hydrogens is 352 g/mol. The Hall–Kier alpha value is -2.15. The monoisotopic (exact) mass is 374 g/mol. The zero-order valence-electron chi connectivity index (χ0n) is 14.6. The summed E-state index contributed by atoms with van der Waals surface area (Å²) < 4.78 is 5.38. The average molecular weight is 375 g/mol. The van der Waals surface area contributed by atoms with E-state index in [1.54, 1.807) is 41.6 Å². The molecule has 1 fully saturated rings. The molecule has 1 N–H and O–H groups in total. The molecule has 7 heteroatoms. The van der Waals surface area contributed by atoms with Crippen LogP contribution in [0, 0.1) is 0 Å². The maximum Gasteiger partial charge on any atom is 0.322 e. The number of pyridine rings is 1. The Bertz CT molecular complexity index is 690. The van der Waals surface area contributed by atoms with Gasteiger partial charge in [0.15, 0.2) is 0 Å². The van der Waals surface area contributed by atoms with Crippen molar-refractivity contribution in [3.8, 4) is 0 Å². The summed E-state index contributed by atoms with van der Waals surface area (Å²) in [6.45, 7) is 5.27. The molecule has 0 unspecified atom stereocenters. The van der Waals surface area contributed by atoms with Crippen LogP contribution < -0.4 is 5.32 Å². The Morgan fingerprint density at radius 2 is 2.00 bits per heavy atom. The van der Waals surface area contributed by atoms with E-state index < -0.39 is 0 Å². The Labute approximate surface area is 158 Å². The van der Waals surface area contributed by atoms with Gasteiger partial charge in [-0.1, -0.05) is 17.7 Å². The zero-order chi connectivity index (χ0) is 18.2. The number of amides is 2. The number of nitrogens with one attached hydrogen (secondary N) is 1. The van der Waals surface area contributed by atoms with Crippen LogP contribution in [0.4, 0.5) is 10.5 Å². The van der Waals surface area contributed by atoms with E-state index in [1.807, 2.05) is 12.1 Å². The third-order valence-electron chi connectivity index (χ3n) is 4.27. The first-order valence-corrected chi connectivity index (χ1v) is 9.09. The Balaban J connectivity index is 1.64. The van der Waals surface area contributed by atoms with E-state index in [-0.39, 0.29) is 6.03 Å². The highest BCUT2D eigenvalue weighted by atomic mass is 35.5. The van der Waals surface area contributed by atoms with Crippen LogP contribution in [0.15, 0.2) is 48.8 Å². The van der Waals surface area contributed by atoms with Crippen LogP contribution in [-0.4, -0.2) is 60.2 Å². The molecule has 0 bridgehead atoms. The topological polar surface area (TPSA) is 57.7 Å². The molecule has 1 aliphatic rings.